The largest absolute Gasteiger partial charge is 0.436 e. The number of hydrogen-bond acceptors (Lipinski definition) is 5. The number of rotatable bonds is 2. The second-order valence-corrected chi connectivity index (χ2v) is 4.05. The van der Waals surface area contributed by atoms with Gasteiger partial charge in [-0.15, -0.1) is 0 Å². The third-order valence-corrected chi connectivity index (χ3v) is 2.74. The van der Waals surface area contributed by atoms with E-state index in [4.69, 9.17) is 10.2 Å². The first-order valence-corrected chi connectivity index (χ1v) is 5.54. The van der Waals surface area contributed by atoms with Crippen LogP contribution in [0, 0.1) is 10.1 Å². The van der Waals surface area contributed by atoms with Crippen LogP contribution in [0.15, 0.2) is 46.9 Å². The Balaban J connectivity index is 2.06. The third kappa shape index (κ3) is 1.99. The van der Waals surface area contributed by atoms with Gasteiger partial charge in [-0.25, -0.2) is 4.98 Å². The zero-order valence-electron chi connectivity index (χ0n) is 9.74. The van der Waals surface area contributed by atoms with Crippen LogP contribution < -0.4 is 5.73 Å². The minimum atomic E-state index is -0.448. The van der Waals surface area contributed by atoms with Gasteiger partial charge in [0.25, 0.3) is 5.69 Å². The molecule has 6 nitrogen and oxygen atoms in total. The van der Waals surface area contributed by atoms with Crippen molar-refractivity contribution in [3.63, 3.8) is 0 Å². The van der Waals surface area contributed by atoms with Crippen LogP contribution in [-0.2, 0) is 0 Å². The lowest BCUT2D eigenvalue weighted by atomic mass is 10.2. The molecule has 0 fully saturated rings. The minimum Gasteiger partial charge on any atom is -0.436 e. The molecule has 3 rings (SSSR count). The van der Waals surface area contributed by atoms with Gasteiger partial charge in [0, 0.05) is 23.4 Å². The summed E-state index contributed by atoms with van der Waals surface area (Å²) in [6, 6.07) is 11.2. The van der Waals surface area contributed by atoms with Gasteiger partial charge in [0.2, 0.25) is 5.89 Å². The summed E-state index contributed by atoms with van der Waals surface area (Å²) in [6.07, 6.45) is 0. The summed E-state index contributed by atoms with van der Waals surface area (Å²) < 4.78 is 5.57. The molecule has 1 heterocycles. The average Bonchev–Trinajstić information content (AvgIpc) is 2.81. The molecule has 3 aromatic rings. The summed E-state index contributed by atoms with van der Waals surface area (Å²) in [6.45, 7) is 0. The van der Waals surface area contributed by atoms with E-state index in [1.807, 2.05) is 0 Å². The Hall–Kier alpha value is -2.89. The molecular weight excluding hydrogens is 246 g/mol. The van der Waals surface area contributed by atoms with Crippen LogP contribution in [0.2, 0.25) is 0 Å². The van der Waals surface area contributed by atoms with Crippen LogP contribution in [0.4, 0.5) is 11.4 Å². The Bertz CT molecular complexity index is 762. The number of hydrogen-bond donors (Lipinski definition) is 1. The van der Waals surface area contributed by atoms with Crippen molar-refractivity contribution in [1.82, 2.24) is 4.98 Å². The second-order valence-electron chi connectivity index (χ2n) is 4.05. The van der Waals surface area contributed by atoms with Gasteiger partial charge in [0.15, 0.2) is 5.58 Å². The molecule has 0 atom stereocenters. The Morgan fingerprint density at radius 1 is 1.16 bits per heavy atom. The van der Waals surface area contributed by atoms with Gasteiger partial charge in [-0.05, 0) is 30.3 Å². The van der Waals surface area contributed by atoms with E-state index in [1.54, 1.807) is 30.3 Å². The van der Waals surface area contributed by atoms with Crippen LogP contribution in [-0.4, -0.2) is 9.91 Å². The molecule has 0 spiro atoms. The van der Waals surface area contributed by atoms with Crippen LogP contribution in [0.25, 0.3) is 22.6 Å². The lowest BCUT2D eigenvalue weighted by Crippen LogP contribution is -1.87. The molecule has 0 unspecified atom stereocenters. The lowest BCUT2D eigenvalue weighted by molar-refractivity contribution is -0.384. The van der Waals surface area contributed by atoms with Gasteiger partial charge in [0.05, 0.1) is 4.92 Å². The monoisotopic (exact) mass is 255 g/mol. The Morgan fingerprint density at radius 3 is 2.58 bits per heavy atom. The van der Waals surface area contributed by atoms with Crippen molar-refractivity contribution in [2.24, 2.45) is 0 Å². The van der Waals surface area contributed by atoms with Crippen molar-refractivity contribution < 1.29 is 9.34 Å². The predicted molar refractivity (Wildman–Crippen MR) is 70.5 cm³/mol. The van der Waals surface area contributed by atoms with E-state index in [1.165, 1.54) is 12.1 Å². The molecule has 19 heavy (non-hydrogen) atoms. The van der Waals surface area contributed by atoms with Crippen LogP contribution in [0.1, 0.15) is 0 Å². The first-order valence-electron chi connectivity index (χ1n) is 5.54. The second kappa shape index (κ2) is 4.09. The number of nitro benzene ring substituents is 1. The molecule has 2 aromatic carbocycles. The quantitative estimate of drug-likeness (QED) is 0.431. The van der Waals surface area contributed by atoms with E-state index in [2.05, 4.69) is 4.98 Å². The van der Waals surface area contributed by atoms with Crippen molar-refractivity contribution in [2.45, 2.75) is 0 Å². The number of oxazole rings is 1. The molecule has 0 saturated carbocycles. The fourth-order valence-corrected chi connectivity index (χ4v) is 1.79. The highest BCUT2D eigenvalue weighted by atomic mass is 16.6. The summed E-state index contributed by atoms with van der Waals surface area (Å²) >= 11 is 0. The topological polar surface area (TPSA) is 95.2 Å². The number of benzene rings is 2. The van der Waals surface area contributed by atoms with E-state index < -0.39 is 4.92 Å². The van der Waals surface area contributed by atoms with E-state index in [0.717, 1.165) is 0 Å². The third-order valence-electron chi connectivity index (χ3n) is 2.74. The standard InChI is InChI=1S/C13H9N3O3/c14-9-3-6-12-11(7-9)15-13(19-12)8-1-4-10(5-2-8)16(17)18/h1-7H,14H2. The van der Waals surface area contributed by atoms with Crippen LogP contribution in [0.3, 0.4) is 0 Å². The number of nitrogens with two attached hydrogens (primary N) is 1. The zero-order valence-corrected chi connectivity index (χ0v) is 9.74. The molecule has 0 aliphatic carbocycles. The van der Waals surface area contributed by atoms with Crippen LogP contribution in [0.5, 0.6) is 0 Å². The summed E-state index contributed by atoms with van der Waals surface area (Å²) in [5.74, 6) is 0.412. The molecule has 0 bridgehead atoms. The van der Waals surface area contributed by atoms with E-state index in [0.29, 0.717) is 28.2 Å². The van der Waals surface area contributed by atoms with Gasteiger partial charge in [-0.3, -0.25) is 10.1 Å². The van der Waals surface area contributed by atoms with Crippen molar-refractivity contribution in [3.05, 3.63) is 52.6 Å². The molecule has 1 aromatic heterocycles. The lowest BCUT2D eigenvalue weighted by Gasteiger charge is -1.94. The van der Waals surface area contributed by atoms with Gasteiger partial charge in [-0.2, -0.15) is 0 Å². The number of fused-ring (bicyclic) bond motifs is 1. The highest BCUT2D eigenvalue weighted by molar-refractivity contribution is 5.79. The molecule has 0 radical (unpaired) electrons. The molecular formula is C13H9N3O3. The number of aromatic nitrogens is 1. The summed E-state index contributed by atoms with van der Waals surface area (Å²) in [5.41, 5.74) is 8.28. The van der Waals surface area contributed by atoms with Crippen LogP contribution >= 0.6 is 0 Å². The fraction of sp³-hybridized carbons (Fsp3) is 0. The SMILES string of the molecule is Nc1ccc2oc(-c3ccc([N+](=O)[O-])cc3)nc2c1. The maximum absolute atomic E-state index is 10.6. The van der Waals surface area contributed by atoms with E-state index in [9.17, 15) is 10.1 Å². The fourth-order valence-electron chi connectivity index (χ4n) is 1.79. The minimum absolute atomic E-state index is 0.0316. The van der Waals surface area contributed by atoms with Gasteiger partial charge >= 0.3 is 0 Å². The van der Waals surface area contributed by atoms with Crippen molar-refractivity contribution >= 4 is 22.5 Å². The average molecular weight is 255 g/mol. The molecule has 94 valence electrons. The molecule has 2 N–H and O–H groups in total. The van der Waals surface area contributed by atoms with Crippen molar-refractivity contribution in [3.8, 4) is 11.5 Å². The molecule has 0 amide bonds. The number of non-ortho nitro benzene ring substituents is 1. The maximum Gasteiger partial charge on any atom is 0.269 e. The first-order chi connectivity index (χ1) is 9.13. The van der Waals surface area contributed by atoms with E-state index in [-0.39, 0.29) is 5.69 Å². The first kappa shape index (κ1) is 11.2. The van der Waals surface area contributed by atoms with Gasteiger partial charge in [-0.1, -0.05) is 0 Å². The summed E-state index contributed by atoms with van der Waals surface area (Å²) in [7, 11) is 0. The van der Waals surface area contributed by atoms with Crippen molar-refractivity contribution in [1.29, 1.82) is 0 Å². The number of nitrogen functional groups attached to an aromatic ring is 1. The van der Waals surface area contributed by atoms with Gasteiger partial charge in [0.1, 0.15) is 5.52 Å². The highest BCUT2D eigenvalue weighted by Crippen LogP contribution is 2.26. The summed E-state index contributed by atoms with van der Waals surface area (Å²) in [4.78, 5) is 14.4. The highest BCUT2D eigenvalue weighted by Gasteiger charge is 2.10. The smallest absolute Gasteiger partial charge is 0.269 e. The molecule has 0 aliphatic heterocycles. The predicted octanol–water partition coefficient (Wildman–Crippen LogP) is 2.99. The number of nitrogens with zero attached hydrogens (tertiary/aromatic N) is 2. The molecule has 0 saturated heterocycles. The normalized spacial score (nSPS) is 10.7. The molecule has 0 aliphatic rings. The Labute approximate surface area is 107 Å². The number of anilines is 1. The molecule has 6 heteroatoms. The Morgan fingerprint density at radius 2 is 1.89 bits per heavy atom. The van der Waals surface area contributed by atoms with Crippen molar-refractivity contribution in [2.75, 3.05) is 5.73 Å². The Kier molecular flexibility index (Phi) is 2.42. The maximum atomic E-state index is 10.6. The zero-order chi connectivity index (χ0) is 13.4. The number of nitro groups is 1. The summed E-state index contributed by atoms with van der Waals surface area (Å²) in [5, 5.41) is 10.6. The van der Waals surface area contributed by atoms with Gasteiger partial charge < -0.3 is 10.2 Å². The van der Waals surface area contributed by atoms with E-state index >= 15 is 0 Å².